The Hall–Kier alpha value is -3.10. The van der Waals surface area contributed by atoms with Crippen molar-refractivity contribution in [2.45, 2.75) is 19.3 Å². The molecule has 0 aromatic heterocycles. The van der Waals surface area contributed by atoms with Crippen molar-refractivity contribution in [2.75, 3.05) is 31.6 Å². The standard InChI is InChI=1S/C21H25F3N4O2/c1-29-19-4-2-3-17(11-19)28-10-9-16(14-28)13-27-20(25)26-12-15-5-7-18(8-6-15)30-21(22,23)24/h2-8,11,16H,9-10,12-14H2,1H3,(H3,25,26,27). The van der Waals surface area contributed by atoms with Crippen LogP contribution in [0.3, 0.4) is 0 Å². The first-order chi connectivity index (χ1) is 14.3. The second-order valence-corrected chi connectivity index (χ2v) is 7.08. The Labute approximate surface area is 173 Å². The smallest absolute Gasteiger partial charge is 0.497 e. The van der Waals surface area contributed by atoms with Crippen molar-refractivity contribution in [1.29, 1.82) is 0 Å². The highest BCUT2D eigenvalue weighted by molar-refractivity contribution is 5.77. The number of hydrogen-bond donors (Lipinski definition) is 2. The maximum Gasteiger partial charge on any atom is 0.573 e. The van der Waals surface area contributed by atoms with Gasteiger partial charge in [0.15, 0.2) is 5.96 Å². The molecule has 3 rings (SSSR count). The molecule has 9 heteroatoms. The van der Waals surface area contributed by atoms with E-state index >= 15 is 0 Å². The zero-order valence-corrected chi connectivity index (χ0v) is 16.7. The molecule has 162 valence electrons. The molecule has 3 N–H and O–H groups in total. The van der Waals surface area contributed by atoms with Gasteiger partial charge in [0.05, 0.1) is 13.7 Å². The van der Waals surface area contributed by atoms with Crippen molar-refractivity contribution < 1.29 is 22.6 Å². The predicted octanol–water partition coefficient (Wildman–Crippen LogP) is 3.52. The summed E-state index contributed by atoms with van der Waals surface area (Å²) in [6.07, 6.45) is -3.66. The van der Waals surface area contributed by atoms with Gasteiger partial charge >= 0.3 is 6.36 Å². The van der Waals surface area contributed by atoms with Crippen LogP contribution in [0, 0.1) is 5.92 Å². The van der Waals surface area contributed by atoms with Crippen molar-refractivity contribution in [3.05, 3.63) is 54.1 Å². The molecule has 1 atom stereocenters. The molecule has 0 radical (unpaired) electrons. The number of aliphatic imine (C=N–C) groups is 1. The third kappa shape index (κ3) is 6.47. The number of guanidine groups is 1. The van der Waals surface area contributed by atoms with E-state index in [0.717, 1.165) is 36.5 Å². The summed E-state index contributed by atoms with van der Waals surface area (Å²) in [4.78, 5) is 6.56. The number of halogens is 3. The number of rotatable bonds is 7. The van der Waals surface area contributed by atoms with Gasteiger partial charge in [0.1, 0.15) is 11.5 Å². The Morgan fingerprint density at radius 2 is 1.97 bits per heavy atom. The molecule has 2 aromatic rings. The number of alkyl halides is 3. The molecular formula is C21H25F3N4O2. The predicted molar refractivity (Wildman–Crippen MR) is 110 cm³/mol. The van der Waals surface area contributed by atoms with Gasteiger partial charge in [0, 0.05) is 31.4 Å². The Balaban J connectivity index is 1.44. The summed E-state index contributed by atoms with van der Waals surface area (Å²) in [5, 5.41) is 3.13. The van der Waals surface area contributed by atoms with Gasteiger partial charge in [-0.15, -0.1) is 13.2 Å². The fourth-order valence-corrected chi connectivity index (χ4v) is 3.32. The second kappa shape index (κ2) is 9.60. The molecule has 1 aliphatic heterocycles. The highest BCUT2D eigenvalue weighted by Crippen LogP contribution is 2.26. The lowest BCUT2D eigenvalue weighted by Crippen LogP contribution is -2.36. The number of ether oxygens (including phenoxy) is 2. The van der Waals surface area contributed by atoms with Crippen molar-refractivity contribution in [3.63, 3.8) is 0 Å². The molecule has 0 amide bonds. The van der Waals surface area contributed by atoms with Crippen LogP contribution in [0.2, 0.25) is 0 Å². The van der Waals surface area contributed by atoms with Gasteiger partial charge in [0.25, 0.3) is 0 Å². The van der Waals surface area contributed by atoms with Crippen LogP contribution in [0.15, 0.2) is 53.5 Å². The minimum atomic E-state index is -4.70. The first-order valence-corrected chi connectivity index (χ1v) is 9.60. The molecule has 1 aliphatic rings. The molecule has 0 bridgehead atoms. The van der Waals surface area contributed by atoms with E-state index in [-0.39, 0.29) is 12.3 Å². The van der Waals surface area contributed by atoms with Crippen LogP contribution >= 0.6 is 0 Å². The van der Waals surface area contributed by atoms with E-state index < -0.39 is 6.36 Å². The summed E-state index contributed by atoms with van der Waals surface area (Å²) in [5.41, 5.74) is 7.80. The third-order valence-corrected chi connectivity index (χ3v) is 4.87. The number of nitrogens with one attached hydrogen (secondary N) is 1. The van der Waals surface area contributed by atoms with Crippen molar-refractivity contribution >= 4 is 11.6 Å². The van der Waals surface area contributed by atoms with Crippen LogP contribution < -0.4 is 25.4 Å². The SMILES string of the molecule is COc1cccc(N2CCC(CNC(N)=NCc3ccc(OC(F)(F)F)cc3)C2)c1. The van der Waals surface area contributed by atoms with E-state index in [1.54, 1.807) is 7.11 Å². The second-order valence-electron chi connectivity index (χ2n) is 7.08. The molecule has 1 saturated heterocycles. The highest BCUT2D eigenvalue weighted by Gasteiger charge is 2.30. The van der Waals surface area contributed by atoms with E-state index in [0.29, 0.717) is 18.4 Å². The number of methoxy groups -OCH3 is 1. The van der Waals surface area contributed by atoms with Gasteiger partial charge in [0.2, 0.25) is 0 Å². The summed E-state index contributed by atoms with van der Waals surface area (Å²) in [6.45, 7) is 2.84. The van der Waals surface area contributed by atoms with E-state index in [4.69, 9.17) is 10.5 Å². The van der Waals surface area contributed by atoms with Gasteiger partial charge in [-0.1, -0.05) is 18.2 Å². The molecule has 1 unspecified atom stereocenters. The van der Waals surface area contributed by atoms with Gasteiger partial charge in [-0.2, -0.15) is 0 Å². The minimum absolute atomic E-state index is 0.261. The highest BCUT2D eigenvalue weighted by atomic mass is 19.4. The first kappa shape index (κ1) is 21.6. The molecule has 0 aliphatic carbocycles. The zero-order valence-electron chi connectivity index (χ0n) is 16.7. The number of nitrogens with two attached hydrogens (primary N) is 1. The van der Waals surface area contributed by atoms with Gasteiger partial charge in [-0.3, -0.25) is 0 Å². The lowest BCUT2D eigenvalue weighted by Gasteiger charge is -2.19. The largest absolute Gasteiger partial charge is 0.573 e. The molecule has 2 aromatic carbocycles. The number of anilines is 1. The average Bonchev–Trinajstić information content (AvgIpc) is 3.20. The van der Waals surface area contributed by atoms with E-state index in [1.165, 1.54) is 24.3 Å². The summed E-state index contributed by atoms with van der Waals surface area (Å²) < 4.78 is 45.7. The Morgan fingerprint density at radius 3 is 2.67 bits per heavy atom. The first-order valence-electron chi connectivity index (χ1n) is 9.60. The summed E-state index contributed by atoms with van der Waals surface area (Å²) >= 11 is 0. The number of nitrogens with zero attached hydrogens (tertiary/aromatic N) is 2. The van der Waals surface area contributed by atoms with Crippen molar-refractivity contribution in [2.24, 2.45) is 16.6 Å². The van der Waals surface area contributed by atoms with Gasteiger partial charge < -0.3 is 25.4 Å². The monoisotopic (exact) mass is 422 g/mol. The molecular weight excluding hydrogens is 397 g/mol. The topological polar surface area (TPSA) is 72.1 Å². The molecule has 0 saturated carbocycles. The minimum Gasteiger partial charge on any atom is -0.497 e. The lowest BCUT2D eigenvalue weighted by atomic mass is 10.1. The Kier molecular flexibility index (Phi) is 6.91. The van der Waals surface area contributed by atoms with Crippen molar-refractivity contribution in [1.82, 2.24) is 5.32 Å². The van der Waals surface area contributed by atoms with E-state index in [9.17, 15) is 13.2 Å². The van der Waals surface area contributed by atoms with Crippen LogP contribution in [-0.2, 0) is 6.54 Å². The molecule has 1 heterocycles. The Bertz CT molecular complexity index is 856. The van der Waals surface area contributed by atoms with Crippen LogP contribution in [0.4, 0.5) is 18.9 Å². The third-order valence-electron chi connectivity index (χ3n) is 4.87. The van der Waals surface area contributed by atoms with Gasteiger partial charge in [-0.05, 0) is 42.2 Å². The van der Waals surface area contributed by atoms with Crippen molar-refractivity contribution in [3.8, 4) is 11.5 Å². The zero-order chi connectivity index (χ0) is 21.6. The van der Waals surface area contributed by atoms with E-state index in [1.807, 2.05) is 18.2 Å². The van der Waals surface area contributed by atoms with Crippen LogP contribution in [0.1, 0.15) is 12.0 Å². The average molecular weight is 422 g/mol. The molecule has 30 heavy (non-hydrogen) atoms. The molecule has 6 nitrogen and oxygen atoms in total. The number of benzene rings is 2. The fourth-order valence-electron chi connectivity index (χ4n) is 3.32. The number of hydrogen-bond acceptors (Lipinski definition) is 4. The molecule has 0 spiro atoms. The van der Waals surface area contributed by atoms with Gasteiger partial charge in [-0.25, -0.2) is 4.99 Å². The summed E-state index contributed by atoms with van der Waals surface area (Å²) in [6, 6.07) is 13.6. The lowest BCUT2D eigenvalue weighted by molar-refractivity contribution is -0.274. The maximum absolute atomic E-state index is 12.2. The summed E-state index contributed by atoms with van der Waals surface area (Å²) in [5.74, 6) is 1.32. The Morgan fingerprint density at radius 1 is 1.20 bits per heavy atom. The fraction of sp³-hybridized carbons (Fsp3) is 0.381. The van der Waals surface area contributed by atoms with Crippen LogP contribution in [0.5, 0.6) is 11.5 Å². The summed E-state index contributed by atoms with van der Waals surface area (Å²) in [7, 11) is 1.66. The normalized spacial score (nSPS) is 17.1. The molecule has 1 fully saturated rings. The maximum atomic E-state index is 12.2. The van der Waals surface area contributed by atoms with Crippen LogP contribution in [0.25, 0.3) is 0 Å². The van der Waals surface area contributed by atoms with E-state index in [2.05, 4.69) is 26.0 Å². The quantitative estimate of drug-likeness (QED) is 0.528. The van der Waals surface area contributed by atoms with Crippen LogP contribution in [-0.4, -0.2) is 39.1 Å².